The largest absolute Gasteiger partial charge is 0.477 e. The molecule has 4 rings (SSSR count). The predicted molar refractivity (Wildman–Crippen MR) is 110 cm³/mol. The van der Waals surface area contributed by atoms with Crippen LogP contribution < -0.4 is 20.3 Å². The van der Waals surface area contributed by atoms with Gasteiger partial charge in [0, 0.05) is 39.8 Å². The van der Waals surface area contributed by atoms with E-state index >= 15 is 0 Å². The number of ether oxygens (including phenoxy) is 1. The molecule has 4 heterocycles. The number of hydrogen-bond donors (Lipinski definition) is 2. The van der Waals surface area contributed by atoms with Gasteiger partial charge in [-0.15, -0.1) is 0 Å². The minimum absolute atomic E-state index is 0.146. The van der Waals surface area contributed by atoms with Gasteiger partial charge in [0.25, 0.3) is 11.8 Å². The smallest absolute Gasteiger partial charge is 0.288 e. The molecule has 1 atom stereocenters. The molecule has 2 aromatic rings. The summed E-state index contributed by atoms with van der Waals surface area (Å²) in [5.41, 5.74) is 1.73. The number of pyridine rings is 1. The van der Waals surface area contributed by atoms with Crippen LogP contribution in [-0.4, -0.2) is 71.0 Å². The van der Waals surface area contributed by atoms with Crippen molar-refractivity contribution in [2.24, 2.45) is 0 Å². The van der Waals surface area contributed by atoms with Crippen molar-refractivity contribution in [1.82, 2.24) is 25.2 Å². The number of rotatable bonds is 5. The molecule has 0 radical (unpaired) electrons. The molecule has 0 aliphatic carbocycles. The van der Waals surface area contributed by atoms with Crippen LogP contribution in [0.4, 0.5) is 15.8 Å². The van der Waals surface area contributed by atoms with Gasteiger partial charge in [-0.25, -0.2) is 4.98 Å². The Labute approximate surface area is 178 Å². The quantitative estimate of drug-likeness (QED) is 0.672. The van der Waals surface area contributed by atoms with E-state index in [0.29, 0.717) is 50.6 Å². The minimum Gasteiger partial charge on any atom is -0.477 e. The topological polar surface area (TPSA) is 113 Å². The van der Waals surface area contributed by atoms with E-state index in [9.17, 15) is 14.0 Å². The van der Waals surface area contributed by atoms with Crippen LogP contribution >= 0.6 is 0 Å². The van der Waals surface area contributed by atoms with E-state index in [1.54, 1.807) is 6.20 Å². The maximum absolute atomic E-state index is 14.4. The van der Waals surface area contributed by atoms with Gasteiger partial charge in [-0.2, -0.15) is 9.37 Å². The standard InChI is InChI=1S/C20H24FN7O3/c1-3-15-19(29)25-13-8-12(23-10-16(13)31-15)11-27-4-6-28(7-5-27)14-9-24-18(20(30)22-2)26-17(14)21/h8-10,15H,3-7,11H2,1-2H3,(H,22,30)(H,25,29)/t15-/m1/s1. The van der Waals surface area contributed by atoms with Crippen LogP contribution in [0.1, 0.15) is 29.7 Å². The molecular weight excluding hydrogens is 405 g/mol. The number of hydrogen-bond acceptors (Lipinski definition) is 8. The maximum atomic E-state index is 14.4. The van der Waals surface area contributed by atoms with Gasteiger partial charge in [0.15, 0.2) is 11.9 Å². The van der Waals surface area contributed by atoms with Gasteiger partial charge in [0.2, 0.25) is 11.8 Å². The van der Waals surface area contributed by atoms with Crippen LogP contribution in [0.25, 0.3) is 0 Å². The minimum atomic E-state index is -0.709. The maximum Gasteiger partial charge on any atom is 0.288 e. The van der Waals surface area contributed by atoms with Crippen molar-refractivity contribution in [2.75, 3.05) is 43.4 Å². The van der Waals surface area contributed by atoms with Crippen LogP contribution in [0.3, 0.4) is 0 Å². The Bertz CT molecular complexity index is 995. The van der Waals surface area contributed by atoms with Gasteiger partial charge in [-0.05, 0) is 12.5 Å². The number of piperazine rings is 1. The molecule has 1 fully saturated rings. The van der Waals surface area contributed by atoms with E-state index in [-0.39, 0.29) is 17.4 Å². The molecule has 0 bridgehead atoms. The number of carbonyl (C=O) groups is 2. The molecule has 2 aliphatic rings. The first-order valence-corrected chi connectivity index (χ1v) is 10.2. The Morgan fingerprint density at radius 2 is 2.06 bits per heavy atom. The number of nitrogens with zero attached hydrogens (tertiary/aromatic N) is 5. The zero-order valence-corrected chi connectivity index (χ0v) is 17.4. The van der Waals surface area contributed by atoms with Gasteiger partial charge in [0.05, 0.1) is 23.8 Å². The summed E-state index contributed by atoms with van der Waals surface area (Å²) < 4.78 is 20.1. The van der Waals surface area contributed by atoms with Crippen molar-refractivity contribution in [3.05, 3.63) is 35.9 Å². The number of carbonyl (C=O) groups excluding carboxylic acids is 2. The van der Waals surface area contributed by atoms with Crippen molar-refractivity contribution in [3.8, 4) is 5.75 Å². The second kappa shape index (κ2) is 8.80. The first-order chi connectivity index (χ1) is 15.0. The highest BCUT2D eigenvalue weighted by atomic mass is 19.1. The van der Waals surface area contributed by atoms with Crippen LogP contribution in [0.5, 0.6) is 5.75 Å². The highest BCUT2D eigenvalue weighted by Gasteiger charge is 2.27. The fraction of sp³-hybridized carbons (Fsp3) is 0.450. The summed E-state index contributed by atoms with van der Waals surface area (Å²) in [4.78, 5) is 39.7. The summed E-state index contributed by atoms with van der Waals surface area (Å²) in [5, 5.41) is 5.25. The van der Waals surface area contributed by atoms with Gasteiger partial charge in [-0.3, -0.25) is 19.5 Å². The molecule has 10 nitrogen and oxygen atoms in total. The van der Waals surface area contributed by atoms with E-state index in [0.717, 1.165) is 5.69 Å². The summed E-state index contributed by atoms with van der Waals surface area (Å²) in [6.07, 6.45) is 3.10. The lowest BCUT2D eigenvalue weighted by atomic mass is 10.2. The second-order valence-electron chi connectivity index (χ2n) is 7.39. The SMILES string of the molecule is CC[C@H]1Oc2cnc(CN3CCN(c4cnc(C(=O)NC)nc4F)CC3)cc2NC1=O. The first-order valence-electron chi connectivity index (χ1n) is 10.2. The number of anilines is 2. The van der Waals surface area contributed by atoms with E-state index in [1.807, 2.05) is 17.9 Å². The van der Waals surface area contributed by atoms with Gasteiger partial charge >= 0.3 is 0 Å². The van der Waals surface area contributed by atoms with Crippen molar-refractivity contribution < 1.29 is 18.7 Å². The van der Waals surface area contributed by atoms with E-state index in [2.05, 4.69) is 30.5 Å². The third-order valence-corrected chi connectivity index (χ3v) is 5.37. The Kier molecular flexibility index (Phi) is 5.94. The predicted octanol–water partition coefficient (Wildman–Crippen LogP) is 0.802. The third-order valence-electron chi connectivity index (χ3n) is 5.37. The number of nitrogens with one attached hydrogen (secondary N) is 2. The zero-order valence-electron chi connectivity index (χ0n) is 17.4. The van der Waals surface area contributed by atoms with E-state index in [4.69, 9.17) is 4.74 Å². The molecule has 0 unspecified atom stereocenters. The summed E-state index contributed by atoms with van der Waals surface area (Å²) in [6.45, 7) is 5.05. The molecule has 2 aromatic heterocycles. The Hall–Kier alpha value is -3.34. The lowest BCUT2D eigenvalue weighted by Crippen LogP contribution is -2.46. The Morgan fingerprint density at radius 1 is 1.29 bits per heavy atom. The fourth-order valence-electron chi connectivity index (χ4n) is 3.62. The molecule has 2 amide bonds. The highest BCUT2D eigenvalue weighted by Crippen LogP contribution is 2.30. The summed E-state index contributed by atoms with van der Waals surface area (Å²) in [5.74, 6) is -0.996. The molecule has 31 heavy (non-hydrogen) atoms. The normalized spacial score (nSPS) is 18.7. The van der Waals surface area contributed by atoms with Crippen LogP contribution in [-0.2, 0) is 11.3 Å². The monoisotopic (exact) mass is 429 g/mol. The number of fused-ring (bicyclic) bond motifs is 1. The highest BCUT2D eigenvalue weighted by molar-refractivity contribution is 5.97. The zero-order chi connectivity index (χ0) is 22.0. The molecule has 11 heteroatoms. The number of aromatic nitrogens is 3. The van der Waals surface area contributed by atoms with Gasteiger partial charge in [-0.1, -0.05) is 6.92 Å². The molecule has 2 N–H and O–H groups in total. The number of halogens is 1. The average Bonchev–Trinajstić information content (AvgIpc) is 2.78. The summed E-state index contributed by atoms with van der Waals surface area (Å²) in [6, 6.07) is 1.83. The molecule has 0 saturated carbocycles. The van der Waals surface area contributed by atoms with E-state index in [1.165, 1.54) is 13.2 Å². The first kappa shape index (κ1) is 20.9. The van der Waals surface area contributed by atoms with Crippen molar-refractivity contribution in [3.63, 3.8) is 0 Å². The number of amides is 2. The molecular formula is C20H24FN7O3. The lowest BCUT2D eigenvalue weighted by Gasteiger charge is -2.35. The Morgan fingerprint density at radius 3 is 2.74 bits per heavy atom. The van der Waals surface area contributed by atoms with Gasteiger partial charge in [0.1, 0.15) is 5.69 Å². The van der Waals surface area contributed by atoms with Gasteiger partial charge < -0.3 is 20.3 Å². The van der Waals surface area contributed by atoms with Crippen molar-refractivity contribution >= 4 is 23.2 Å². The molecule has 1 saturated heterocycles. The van der Waals surface area contributed by atoms with Crippen LogP contribution in [0.2, 0.25) is 0 Å². The van der Waals surface area contributed by atoms with Crippen molar-refractivity contribution in [2.45, 2.75) is 26.0 Å². The average molecular weight is 429 g/mol. The van der Waals surface area contributed by atoms with Crippen LogP contribution in [0, 0.1) is 5.95 Å². The molecule has 0 aromatic carbocycles. The van der Waals surface area contributed by atoms with Crippen molar-refractivity contribution in [1.29, 1.82) is 0 Å². The second-order valence-corrected chi connectivity index (χ2v) is 7.39. The summed E-state index contributed by atoms with van der Waals surface area (Å²) >= 11 is 0. The molecule has 0 spiro atoms. The van der Waals surface area contributed by atoms with Crippen LogP contribution in [0.15, 0.2) is 18.5 Å². The lowest BCUT2D eigenvalue weighted by molar-refractivity contribution is -0.123. The summed E-state index contributed by atoms with van der Waals surface area (Å²) in [7, 11) is 1.44. The molecule has 2 aliphatic heterocycles. The third kappa shape index (κ3) is 4.41. The van der Waals surface area contributed by atoms with E-state index < -0.39 is 18.0 Å². The Balaban J connectivity index is 1.36. The molecule has 164 valence electrons. The fourth-order valence-corrected chi connectivity index (χ4v) is 3.62.